The van der Waals surface area contributed by atoms with Crippen LogP contribution in [0, 0.1) is 0 Å². The monoisotopic (exact) mass is 423 g/mol. The van der Waals surface area contributed by atoms with Crippen LogP contribution in [0.1, 0.15) is 11.3 Å². The highest BCUT2D eigenvalue weighted by Gasteiger charge is 2.17. The molecule has 32 heavy (non-hydrogen) atoms. The van der Waals surface area contributed by atoms with Crippen molar-refractivity contribution in [3.8, 4) is 17.2 Å². The topological polar surface area (TPSA) is 57.8 Å². The van der Waals surface area contributed by atoms with E-state index in [2.05, 4.69) is 4.98 Å². The van der Waals surface area contributed by atoms with E-state index in [1.807, 2.05) is 84.9 Å². The number of nitrogens with zero attached hydrogens (tertiary/aromatic N) is 3. The molecule has 0 aliphatic heterocycles. The zero-order valence-corrected chi connectivity index (χ0v) is 17.7. The number of hydrogen-bond donors (Lipinski definition) is 0. The van der Waals surface area contributed by atoms with Gasteiger partial charge in [-0.1, -0.05) is 36.4 Å². The molecule has 6 heteroatoms. The van der Waals surface area contributed by atoms with Crippen LogP contribution < -0.4 is 15.2 Å². The molecule has 0 fully saturated rings. The van der Waals surface area contributed by atoms with Crippen LogP contribution in [0.3, 0.4) is 0 Å². The molecule has 3 aromatic carbocycles. The van der Waals surface area contributed by atoms with E-state index in [-0.39, 0.29) is 5.69 Å². The highest BCUT2D eigenvalue weighted by Crippen LogP contribution is 2.24. The van der Waals surface area contributed by atoms with Gasteiger partial charge in [0.1, 0.15) is 11.5 Å². The van der Waals surface area contributed by atoms with Gasteiger partial charge in [0.2, 0.25) is 0 Å². The summed E-state index contributed by atoms with van der Waals surface area (Å²) in [7, 11) is 3.25. The lowest BCUT2D eigenvalue weighted by Crippen LogP contribution is -2.19. The molecule has 0 amide bonds. The normalized spacial score (nSPS) is 11.4. The molecule has 0 atom stereocenters. The Hall–Kier alpha value is -4.32. The van der Waals surface area contributed by atoms with Crippen LogP contribution in [0.25, 0.3) is 34.4 Å². The average Bonchev–Trinajstić information content (AvgIpc) is 3.14. The number of imidazole rings is 1. The van der Waals surface area contributed by atoms with Gasteiger partial charge in [-0.15, -0.1) is 0 Å². The fourth-order valence-electron chi connectivity index (χ4n) is 3.80. The highest BCUT2D eigenvalue weighted by atomic mass is 16.5. The number of aromatic nitrogens is 3. The minimum Gasteiger partial charge on any atom is -0.497 e. The average molecular weight is 423 g/mol. The Labute approximate surface area is 184 Å². The van der Waals surface area contributed by atoms with Crippen molar-refractivity contribution in [2.75, 3.05) is 14.2 Å². The summed E-state index contributed by atoms with van der Waals surface area (Å²) < 4.78 is 13.9. The van der Waals surface area contributed by atoms with Gasteiger partial charge in [0.15, 0.2) is 5.65 Å². The first-order chi connectivity index (χ1) is 15.7. The fourth-order valence-corrected chi connectivity index (χ4v) is 3.80. The van der Waals surface area contributed by atoms with Crippen molar-refractivity contribution in [1.82, 2.24) is 14.0 Å². The van der Waals surface area contributed by atoms with Gasteiger partial charge in [-0.25, -0.2) is 14.2 Å². The maximum absolute atomic E-state index is 13.7. The summed E-state index contributed by atoms with van der Waals surface area (Å²) in [6.45, 7) is 0. The summed E-state index contributed by atoms with van der Waals surface area (Å²) in [6, 6.07) is 22.9. The number of rotatable bonds is 5. The molecule has 2 aromatic heterocycles. The lowest BCUT2D eigenvalue weighted by Gasteiger charge is -2.04. The molecule has 158 valence electrons. The summed E-state index contributed by atoms with van der Waals surface area (Å²) >= 11 is 0. The van der Waals surface area contributed by atoms with E-state index >= 15 is 0 Å². The van der Waals surface area contributed by atoms with E-state index in [0.29, 0.717) is 17.1 Å². The fraction of sp³-hybridized carbons (Fsp3) is 0.0769. The first-order valence-electron chi connectivity index (χ1n) is 10.2. The first kappa shape index (κ1) is 19.6. The number of methoxy groups -OCH3 is 2. The standard InChI is InChI=1S/C26H21N3O3/c1-31-21-12-8-18(9-13-21)10-15-23-25-27-17-19-11-14-22(32-2)16-24(19)29(25)26(30)28(23)20-6-4-3-5-7-20/h3-17H,1-2H3/b15-10+. The molecule has 0 spiro atoms. The van der Waals surface area contributed by atoms with Crippen LogP contribution >= 0.6 is 0 Å². The number of fused-ring (bicyclic) bond motifs is 3. The Bertz CT molecular complexity index is 1500. The van der Waals surface area contributed by atoms with Gasteiger partial charge in [-0.2, -0.15) is 0 Å². The molecular weight excluding hydrogens is 402 g/mol. The molecule has 0 N–H and O–H groups in total. The Morgan fingerprint density at radius 3 is 2.28 bits per heavy atom. The maximum atomic E-state index is 13.7. The highest BCUT2D eigenvalue weighted by molar-refractivity contribution is 5.85. The van der Waals surface area contributed by atoms with Gasteiger partial charge >= 0.3 is 5.69 Å². The van der Waals surface area contributed by atoms with E-state index in [1.165, 1.54) is 0 Å². The van der Waals surface area contributed by atoms with Crippen molar-refractivity contribution in [2.45, 2.75) is 0 Å². The SMILES string of the molecule is COc1ccc(/C=C/c2c3ncc4ccc(OC)cc4n3c(=O)n2-c2ccccc2)cc1. The molecular formula is C26H21N3O3. The second-order valence-electron chi connectivity index (χ2n) is 7.29. The summed E-state index contributed by atoms with van der Waals surface area (Å²) in [5, 5.41) is 0.858. The van der Waals surface area contributed by atoms with Crippen LogP contribution in [-0.2, 0) is 0 Å². The lowest BCUT2D eigenvalue weighted by molar-refractivity contribution is 0.415. The third kappa shape index (κ3) is 3.32. The van der Waals surface area contributed by atoms with E-state index in [9.17, 15) is 4.79 Å². The van der Waals surface area contributed by atoms with Crippen molar-refractivity contribution in [1.29, 1.82) is 0 Å². The number of hydrogen-bond acceptors (Lipinski definition) is 4. The Balaban J connectivity index is 1.78. The van der Waals surface area contributed by atoms with Crippen molar-refractivity contribution >= 4 is 28.7 Å². The van der Waals surface area contributed by atoms with Gasteiger partial charge in [-0.3, -0.25) is 4.57 Å². The Kier molecular flexibility index (Phi) is 4.95. The molecule has 2 heterocycles. The molecule has 0 saturated carbocycles. The van der Waals surface area contributed by atoms with Gasteiger partial charge in [0, 0.05) is 17.6 Å². The lowest BCUT2D eigenvalue weighted by atomic mass is 10.2. The summed E-state index contributed by atoms with van der Waals surface area (Å²) in [5.41, 5.74) is 3.58. The van der Waals surface area contributed by atoms with Crippen molar-refractivity contribution in [3.63, 3.8) is 0 Å². The smallest absolute Gasteiger partial charge is 0.339 e. The molecule has 0 saturated heterocycles. The van der Waals surface area contributed by atoms with Gasteiger partial charge in [0.05, 0.1) is 31.1 Å². The van der Waals surface area contributed by atoms with Crippen LogP contribution in [0.4, 0.5) is 0 Å². The van der Waals surface area contributed by atoms with Crippen LogP contribution in [0.2, 0.25) is 0 Å². The second kappa shape index (κ2) is 8.07. The first-order valence-corrected chi connectivity index (χ1v) is 10.2. The zero-order valence-electron chi connectivity index (χ0n) is 17.7. The van der Waals surface area contributed by atoms with Crippen LogP contribution in [0.5, 0.6) is 11.5 Å². The zero-order chi connectivity index (χ0) is 22.1. The Morgan fingerprint density at radius 1 is 0.844 bits per heavy atom. The Morgan fingerprint density at radius 2 is 1.56 bits per heavy atom. The molecule has 0 aliphatic carbocycles. The molecule has 6 nitrogen and oxygen atoms in total. The van der Waals surface area contributed by atoms with Gasteiger partial charge in [-0.05, 0) is 48.0 Å². The van der Waals surface area contributed by atoms with Crippen LogP contribution in [0.15, 0.2) is 83.8 Å². The molecule has 0 radical (unpaired) electrons. The van der Waals surface area contributed by atoms with E-state index in [0.717, 1.165) is 27.9 Å². The maximum Gasteiger partial charge on any atom is 0.339 e. The van der Waals surface area contributed by atoms with Crippen LogP contribution in [-0.4, -0.2) is 28.2 Å². The van der Waals surface area contributed by atoms with E-state index in [4.69, 9.17) is 9.47 Å². The summed E-state index contributed by atoms with van der Waals surface area (Å²) in [4.78, 5) is 18.3. The third-order valence-corrected chi connectivity index (χ3v) is 5.43. The molecule has 5 aromatic rings. The predicted molar refractivity (Wildman–Crippen MR) is 127 cm³/mol. The van der Waals surface area contributed by atoms with Gasteiger partial charge < -0.3 is 9.47 Å². The summed E-state index contributed by atoms with van der Waals surface area (Å²) in [6.07, 6.45) is 5.67. The molecule has 0 bridgehead atoms. The van der Waals surface area contributed by atoms with E-state index in [1.54, 1.807) is 29.4 Å². The van der Waals surface area contributed by atoms with Crippen molar-refractivity contribution in [2.24, 2.45) is 0 Å². The number of para-hydroxylation sites is 1. The minimum atomic E-state index is -0.188. The molecule has 0 unspecified atom stereocenters. The number of ether oxygens (including phenoxy) is 2. The third-order valence-electron chi connectivity index (χ3n) is 5.43. The molecule has 5 rings (SSSR count). The van der Waals surface area contributed by atoms with Crippen molar-refractivity contribution in [3.05, 3.63) is 101 Å². The summed E-state index contributed by atoms with van der Waals surface area (Å²) in [5.74, 6) is 1.47. The molecule has 0 aliphatic rings. The van der Waals surface area contributed by atoms with Gasteiger partial charge in [0.25, 0.3) is 0 Å². The quantitative estimate of drug-likeness (QED) is 0.406. The second-order valence-corrected chi connectivity index (χ2v) is 7.29. The predicted octanol–water partition coefficient (Wildman–Crippen LogP) is 4.83. The van der Waals surface area contributed by atoms with E-state index < -0.39 is 0 Å². The number of benzene rings is 3. The van der Waals surface area contributed by atoms with Crippen molar-refractivity contribution < 1.29 is 9.47 Å². The largest absolute Gasteiger partial charge is 0.497 e. The minimum absolute atomic E-state index is 0.188.